The average Bonchev–Trinajstić information content (AvgIpc) is 2.63. The lowest BCUT2D eigenvalue weighted by molar-refractivity contribution is 0.169. The van der Waals surface area contributed by atoms with Crippen LogP contribution in [0.5, 0.6) is 5.75 Å². The Bertz CT molecular complexity index is 446. The Morgan fingerprint density at radius 2 is 1.89 bits per heavy atom. The van der Waals surface area contributed by atoms with E-state index >= 15 is 0 Å². The van der Waals surface area contributed by atoms with Gasteiger partial charge in [0, 0.05) is 23.8 Å². The number of fused-ring (bicyclic) bond motifs is 2. The van der Waals surface area contributed by atoms with E-state index in [-0.39, 0.29) is 0 Å². The molecule has 1 aromatic rings. The second kappa shape index (κ2) is 5.04. The van der Waals surface area contributed by atoms with Crippen molar-refractivity contribution in [2.24, 2.45) is 0 Å². The zero-order valence-corrected chi connectivity index (χ0v) is 12.1. The van der Waals surface area contributed by atoms with E-state index in [2.05, 4.69) is 42.4 Å². The summed E-state index contributed by atoms with van der Waals surface area (Å²) in [6.07, 6.45) is 5.30. The van der Waals surface area contributed by atoms with E-state index in [0.29, 0.717) is 6.04 Å². The molecule has 1 aromatic carbocycles. The number of methoxy groups -OCH3 is 1. The first-order chi connectivity index (χ1) is 9.17. The lowest BCUT2D eigenvalue weighted by Gasteiger charge is -2.37. The van der Waals surface area contributed by atoms with Crippen LogP contribution in [0.15, 0.2) is 18.2 Å². The molecule has 3 nitrogen and oxygen atoms in total. The van der Waals surface area contributed by atoms with Gasteiger partial charge in [0.05, 0.1) is 7.11 Å². The minimum Gasteiger partial charge on any atom is -0.496 e. The summed E-state index contributed by atoms with van der Waals surface area (Å²) in [4.78, 5) is 2.58. The molecule has 1 N–H and O–H groups in total. The van der Waals surface area contributed by atoms with Gasteiger partial charge in [-0.15, -0.1) is 0 Å². The number of ether oxygens (including phenoxy) is 1. The Hall–Kier alpha value is -1.22. The third-order valence-corrected chi connectivity index (χ3v) is 4.86. The van der Waals surface area contributed by atoms with E-state index in [4.69, 9.17) is 4.74 Å². The van der Waals surface area contributed by atoms with Crippen LogP contribution in [0.2, 0.25) is 0 Å². The van der Waals surface area contributed by atoms with E-state index in [0.717, 1.165) is 17.8 Å². The van der Waals surface area contributed by atoms with Crippen LogP contribution in [0.25, 0.3) is 0 Å². The molecule has 2 aliphatic heterocycles. The standard InChI is InChI=1S/C16H24N2O/c1-11-8-12(4-7-16(11)19-3)17-13-9-14-5-6-15(10-13)18(14)2/h4,7-8,13-15,17H,5-6,9-10H2,1-3H3. The quantitative estimate of drug-likeness (QED) is 0.904. The second-order valence-electron chi connectivity index (χ2n) is 6.05. The smallest absolute Gasteiger partial charge is 0.121 e. The van der Waals surface area contributed by atoms with Crippen molar-refractivity contribution in [2.45, 2.75) is 50.7 Å². The second-order valence-corrected chi connectivity index (χ2v) is 6.05. The normalized spacial score (nSPS) is 30.4. The summed E-state index contributed by atoms with van der Waals surface area (Å²) >= 11 is 0. The Morgan fingerprint density at radius 1 is 1.21 bits per heavy atom. The molecule has 2 saturated heterocycles. The first-order valence-electron chi connectivity index (χ1n) is 7.30. The fraction of sp³-hybridized carbons (Fsp3) is 0.625. The molecule has 0 spiro atoms. The van der Waals surface area contributed by atoms with Crippen LogP contribution in [0.4, 0.5) is 5.69 Å². The lowest BCUT2D eigenvalue weighted by atomic mass is 9.97. The van der Waals surface area contributed by atoms with Gasteiger partial charge in [-0.3, -0.25) is 0 Å². The van der Waals surface area contributed by atoms with Crippen molar-refractivity contribution < 1.29 is 4.74 Å². The molecule has 104 valence electrons. The van der Waals surface area contributed by atoms with Gasteiger partial charge in [0.2, 0.25) is 0 Å². The van der Waals surface area contributed by atoms with Gasteiger partial charge in [-0.25, -0.2) is 0 Å². The molecule has 3 heteroatoms. The SMILES string of the molecule is COc1ccc(NC2CC3CCC(C2)N3C)cc1C. The van der Waals surface area contributed by atoms with Gasteiger partial charge >= 0.3 is 0 Å². The minimum absolute atomic E-state index is 0.626. The van der Waals surface area contributed by atoms with Crippen molar-refractivity contribution in [3.05, 3.63) is 23.8 Å². The molecule has 0 aliphatic carbocycles. The highest BCUT2D eigenvalue weighted by atomic mass is 16.5. The fourth-order valence-electron chi connectivity index (χ4n) is 3.73. The third-order valence-electron chi connectivity index (χ3n) is 4.86. The van der Waals surface area contributed by atoms with E-state index in [1.807, 2.05) is 0 Å². The highest BCUT2D eigenvalue weighted by Crippen LogP contribution is 2.35. The van der Waals surface area contributed by atoms with Crippen molar-refractivity contribution in [1.29, 1.82) is 0 Å². The summed E-state index contributed by atoms with van der Waals surface area (Å²) in [5.74, 6) is 0.967. The molecule has 19 heavy (non-hydrogen) atoms. The van der Waals surface area contributed by atoms with Crippen LogP contribution >= 0.6 is 0 Å². The number of aryl methyl sites for hydroxylation is 1. The van der Waals surface area contributed by atoms with Crippen LogP contribution in [0, 0.1) is 6.92 Å². The van der Waals surface area contributed by atoms with Crippen molar-refractivity contribution in [3.8, 4) is 5.75 Å². The number of piperidine rings is 1. The van der Waals surface area contributed by atoms with Gasteiger partial charge in [0.1, 0.15) is 5.75 Å². The molecule has 3 rings (SSSR count). The van der Waals surface area contributed by atoms with Crippen molar-refractivity contribution in [3.63, 3.8) is 0 Å². The van der Waals surface area contributed by atoms with Crippen LogP contribution in [0.1, 0.15) is 31.2 Å². The highest BCUT2D eigenvalue weighted by Gasteiger charge is 2.38. The van der Waals surface area contributed by atoms with Gasteiger partial charge in [-0.2, -0.15) is 0 Å². The summed E-state index contributed by atoms with van der Waals surface area (Å²) in [7, 11) is 4.01. The molecule has 2 heterocycles. The maximum absolute atomic E-state index is 5.31. The Labute approximate surface area is 115 Å². The first-order valence-corrected chi connectivity index (χ1v) is 7.30. The Balaban J connectivity index is 1.67. The largest absolute Gasteiger partial charge is 0.496 e. The number of rotatable bonds is 3. The molecule has 2 fully saturated rings. The molecular formula is C16H24N2O. The molecule has 2 bridgehead atoms. The van der Waals surface area contributed by atoms with Gasteiger partial charge in [-0.05, 0) is 63.4 Å². The number of hydrogen-bond acceptors (Lipinski definition) is 3. The number of benzene rings is 1. The van der Waals surface area contributed by atoms with E-state index in [9.17, 15) is 0 Å². The van der Waals surface area contributed by atoms with E-state index in [1.165, 1.54) is 36.9 Å². The van der Waals surface area contributed by atoms with Gasteiger partial charge < -0.3 is 15.0 Å². The average molecular weight is 260 g/mol. The molecule has 0 aromatic heterocycles. The first kappa shape index (κ1) is 12.8. The zero-order chi connectivity index (χ0) is 13.4. The monoisotopic (exact) mass is 260 g/mol. The van der Waals surface area contributed by atoms with Crippen molar-refractivity contribution in [1.82, 2.24) is 4.90 Å². The third kappa shape index (κ3) is 2.44. The maximum atomic E-state index is 5.31. The summed E-state index contributed by atoms with van der Waals surface area (Å²) in [5, 5.41) is 3.71. The number of nitrogens with zero attached hydrogens (tertiary/aromatic N) is 1. The van der Waals surface area contributed by atoms with Gasteiger partial charge in [0.15, 0.2) is 0 Å². The summed E-state index contributed by atoms with van der Waals surface area (Å²) in [5.41, 5.74) is 2.43. The zero-order valence-electron chi connectivity index (χ0n) is 12.1. The lowest BCUT2D eigenvalue weighted by Crippen LogP contribution is -2.44. The number of hydrogen-bond donors (Lipinski definition) is 1. The Kier molecular flexibility index (Phi) is 3.40. The molecule has 2 atom stereocenters. The summed E-state index contributed by atoms with van der Waals surface area (Å²) < 4.78 is 5.31. The molecule has 0 saturated carbocycles. The molecule has 2 aliphatic rings. The molecule has 2 unspecified atom stereocenters. The Morgan fingerprint density at radius 3 is 2.47 bits per heavy atom. The van der Waals surface area contributed by atoms with E-state index < -0.39 is 0 Å². The highest BCUT2D eigenvalue weighted by molar-refractivity contribution is 5.51. The van der Waals surface area contributed by atoms with Crippen molar-refractivity contribution >= 4 is 5.69 Å². The topological polar surface area (TPSA) is 24.5 Å². The molecule has 0 amide bonds. The number of nitrogens with one attached hydrogen (secondary N) is 1. The van der Waals surface area contributed by atoms with Gasteiger partial charge in [-0.1, -0.05) is 0 Å². The molecule has 0 radical (unpaired) electrons. The van der Waals surface area contributed by atoms with Crippen LogP contribution in [-0.2, 0) is 0 Å². The van der Waals surface area contributed by atoms with Crippen molar-refractivity contribution in [2.75, 3.05) is 19.5 Å². The minimum atomic E-state index is 0.626. The van der Waals surface area contributed by atoms with Gasteiger partial charge in [0.25, 0.3) is 0 Å². The van der Waals surface area contributed by atoms with Crippen LogP contribution < -0.4 is 10.1 Å². The fourth-order valence-corrected chi connectivity index (χ4v) is 3.73. The number of anilines is 1. The maximum Gasteiger partial charge on any atom is 0.121 e. The van der Waals surface area contributed by atoms with E-state index in [1.54, 1.807) is 7.11 Å². The predicted molar refractivity (Wildman–Crippen MR) is 78.9 cm³/mol. The molecular weight excluding hydrogens is 236 g/mol. The predicted octanol–water partition coefficient (Wildman–Crippen LogP) is 3.04. The van der Waals surface area contributed by atoms with Crippen LogP contribution in [-0.4, -0.2) is 37.2 Å². The summed E-state index contributed by atoms with van der Waals surface area (Å²) in [6.45, 7) is 2.10. The summed E-state index contributed by atoms with van der Waals surface area (Å²) in [6, 6.07) is 8.58. The van der Waals surface area contributed by atoms with Crippen LogP contribution in [0.3, 0.4) is 0 Å².